The average Bonchev–Trinajstić information content (AvgIpc) is 2.37. The van der Waals surface area contributed by atoms with Gasteiger partial charge in [0.15, 0.2) is 0 Å². The summed E-state index contributed by atoms with van der Waals surface area (Å²) >= 11 is 0. The Balaban J connectivity index is 4.58. The molecular weight excluding hydrogens is 232 g/mol. The van der Waals surface area contributed by atoms with Gasteiger partial charge in [0.25, 0.3) is 0 Å². The second kappa shape index (κ2) is 9.88. The molecule has 0 saturated carbocycles. The van der Waals surface area contributed by atoms with E-state index in [1.54, 1.807) is 0 Å². The molecule has 0 saturated heterocycles. The first-order chi connectivity index (χ1) is 8.60. The maximum absolute atomic E-state index is 11.8. The molecule has 1 N–H and O–H groups in total. The van der Waals surface area contributed by atoms with Gasteiger partial charge in [-0.2, -0.15) is 0 Å². The molecule has 0 fully saturated rings. The molecule has 5 heteroatoms. The van der Waals surface area contributed by atoms with E-state index >= 15 is 0 Å². The smallest absolute Gasteiger partial charge is 0.323 e. The molecule has 0 spiro atoms. The number of likely N-dealkylation sites (N-methyl/N-ethyl adjacent to an activating group) is 2. The standard InChI is InChI=1S/C13H26N2O3/c1-5-8-9-11(13(17)18-4)15(7-3)10-12(16)14-6-2/h11H,5-10H2,1-4H3,(H,14,16). The van der Waals surface area contributed by atoms with E-state index in [0.29, 0.717) is 13.1 Å². The molecule has 5 nitrogen and oxygen atoms in total. The lowest BCUT2D eigenvalue weighted by molar-refractivity contribution is -0.147. The van der Waals surface area contributed by atoms with Gasteiger partial charge < -0.3 is 10.1 Å². The summed E-state index contributed by atoms with van der Waals surface area (Å²) in [7, 11) is 1.39. The fraction of sp³-hybridized carbons (Fsp3) is 0.846. The minimum atomic E-state index is -0.317. The quantitative estimate of drug-likeness (QED) is 0.631. The monoisotopic (exact) mass is 258 g/mol. The first kappa shape index (κ1) is 16.9. The van der Waals surface area contributed by atoms with Gasteiger partial charge in [0.1, 0.15) is 6.04 Å². The predicted octanol–water partition coefficient (Wildman–Crippen LogP) is 1.18. The Hall–Kier alpha value is -1.10. The lowest BCUT2D eigenvalue weighted by Gasteiger charge is -2.28. The normalized spacial score (nSPS) is 12.3. The topological polar surface area (TPSA) is 58.6 Å². The summed E-state index contributed by atoms with van der Waals surface area (Å²) in [5.41, 5.74) is 0. The van der Waals surface area contributed by atoms with Crippen LogP contribution in [0.15, 0.2) is 0 Å². The summed E-state index contributed by atoms with van der Waals surface area (Å²) in [6, 6.07) is -0.317. The molecule has 0 aliphatic carbocycles. The highest BCUT2D eigenvalue weighted by molar-refractivity contribution is 5.80. The van der Waals surface area contributed by atoms with Crippen LogP contribution >= 0.6 is 0 Å². The number of ether oxygens (including phenoxy) is 1. The summed E-state index contributed by atoms with van der Waals surface area (Å²) < 4.78 is 4.82. The summed E-state index contributed by atoms with van der Waals surface area (Å²) in [4.78, 5) is 25.2. The highest BCUT2D eigenvalue weighted by Gasteiger charge is 2.26. The molecule has 0 rings (SSSR count). The van der Waals surface area contributed by atoms with Gasteiger partial charge in [-0.3, -0.25) is 14.5 Å². The molecule has 1 unspecified atom stereocenters. The van der Waals surface area contributed by atoms with E-state index in [1.807, 2.05) is 18.7 Å². The zero-order valence-electron chi connectivity index (χ0n) is 12.0. The molecule has 0 heterocycles. The Bertz CT molecular complexity index is 257. The maximum Gasteiger partial charge on any atom is 0.323 e. The second-order valence-electron chi connectivity index (χ2n) is 4.20. The number of esters is 1. The third kappa shape index (κ3) is 6.00. The Labute approximate surface area is 110 Å². The van der Waals surface area contributed by atoms with Gasteiger partial charge in [0, 0.05) is 6.54 Å². The molecule has 0 bridgehead atoms. The van der Waals surface area contributed by atoms with Gasteiger partial charge in [0.05, 0.1) is 13.7 Å². The number of unbranched alkanes of at least 4 members (excludes halogenated alkanes) is 1. The van der Waals surface area contributed by atoms with Crippen LogP contribution in [-0.4, -0.2) is 49.6 Å². The lowest BCUT2D eigenvalue weighted by Crippen LogP contribution is -2.47. The van der Waals surface area contributed by atoms with Crippen LogP contribution in [0, 0.1) is 0 Å². The molecule has 106 valence electrons. The van der Waals surface area contributed by atoms with Crippen molar-refractivity contribution in [3.8, 4) is 0 Å². The zero-order valence-corrected chi connectivity index (χ0v) is 12.0. The number of methoxy groups -OCH3 is 1. The maximum atomic E-state index is 11.8. The Morgan fingerprint density at radius 2 is 1.94 bits per heavy atom. The van der Waals surface area contributed by atoms with Gasteiger partial charge in [0.2, 0.25) is 5.91 Å². The van der Waals surface area contributed by atoms with Crippen LogP contribution in [0.5, 0.6) is 0 Å². The van der Waals surface area contributed by atoms with E-state index < -0.39 is 0 Å². The van der Waals surface area contributed by atoms with Crippen molar-refractivity contribution in [1.29, 1.82) is 0 Å². The Morgan fingerprint density at radius 1 is 1.28 bits per heavy atom. The first-order valence-electron chi connectivity index (χ1n) is 6.69. The minimum Gasteiger partial charge on any atom is -0.468 e. The molecule has 0 aromatic rings. The van der Waals surface area contributed by atoms with Crippen molar-refractivity contribution in [2.24, 2.45) is 0 Å². The van der Waals surface area contributed by atoms with Gasteiger partial charge in [-0.05, 0) is 19.9 Å². The van der Waals surface area contributed by atoms with Crippen molar-refractivity contribution in [3.05, 3.63) is 0 Å². The fourth-order valence-corrected chi connectivity index (χ4v) is 1.86. The molecule has 0 radical (unpaired) electrons. The van der Waals surface area contributed by atoms with Crippen molar-refractivity contribution >= 4 is 11.9 Å². The number of nitrogens with one attached hydrogen (secondary N) is 1. The third-order valence-corrected chi connectivity index (χ3v) is 2.87. The highest BCUT2D eigenvalue weighted by Crippen LogP contribution is 2.10. The number of hydrogen-bond acceptors (Lipinski definition) is 4. The minimum absolute atomic E-state index is 0.0512. The van der Waals surface area contributed by atoms with E-state index in [-0.39, 0.29) is 24.5 Å². The SMILES string of the molecule is CCCCC(C(=O)OC)N(CC)CC(=O)NCC. The molecule has 0 aliphatic rings. The summed E-state index contributed by atoms with van der Waals surface area (Å²) in [5, 5.41) is 2.75. The van der Waals surface area contributed by atoms with Crippen molar-refractivity contribution in [2.75, 3.05) is 26.7 Å². The van der Waals surface area contributed by atoms with Crippen LogP contribution in [-0.2, 0) is 14.3 Å². The van der Waals surface area contributed by atoms with Gasteiger partial charge in [-0.15, -0.1) is 0 Å². The summed E-state index contributed by atoms with van der Waals surface area (Å²) in [6.07, 6.45) is 2.70. The van der Waals surface area contributed by atoms with E-state index in [4.69, 9.17) is 4.74 Å². The van der Waals surface area contributed by atoms with Gasteiger partial charge in [-0.25, -0.2) is 0 Å². The van der Waals surface area contributed by atoms with Crippen molar-refractivity contribution < 1.29 is 14.3 Å². The summed E-state index contributed by atoms with van der Waals surface area (Å²) in [5.74, 6) is -0.306. The molecule has 18 heavy (non-hydrogen) atoms. The third-order valence-electron chi connectivity index (χ3n) is 2.87. The molecule has 0 aromatic heterocycles. The Morgan fingerprint density at radius 3 is 2.39 bits per heavy atom. The van der Waals surface area contributed by atoms with E-state index in [1.165, 1.54) is 7.11 Å². The van der Waals surface area contributed by atoms with Gasteiger partial charge in [-0.1, -0.05) is 26.7 Å². The molecule has 1 amide bonds. The van der Waals surface area contributed by atoms with Crippen molar-refractivity contribution in [2.45, 2.75) is 46.1 Å². The van der Waals surface area contributed by atoms with Crippen molar-refractivity contribution in [1.82, 2.24) is 10.2 Å². The number of hydrogen-bond donors (Lipinski definition) is 1. The van der Waals surface area contributed by atoms with Crippen LogP contribution in [0.1, 0.15) is 40.0 Å². The van der Waals surface area contributed by atoms with Crippen molar-refractivity contribution in [3.63, 3.8) is 0 Å². The first-order valence-corrected chi connectivity index (χ1v) is 6.69. The molecular formula is C13H26N2O3. The van der Waals surface area contributed by atoms with E-state index in [9.17, 15) is 9.59 Å². The number of rotatable bonds is 9. The fourth-order valence-electron chi connectivity index (χ4n) is 1.86. The number of nitrogens with zero attached hydrogens (tertiary/aromatic N) is 1. The van der Waals surface area contributed by atoms with Crippen LogP contribution < -0.4 is 5.32 Å². The number of carbonyl (C=O) groups is 2. The highest BCUT2D eigenvalue weighted by atomic mass is 16.5. The van der Waals surface area contributed by atoms with Crippen LogP contribution in [0.2, 0.25) is 0 Å². The second-order valence-corrected chi connectivity index (χ2v) is 4.20. The van der Waals surface area contributed by atoms with E-state index in [2.05, 4.69) is 12.2 Å². The molecule has 1 atom stereocenters. The van der Waals surface area contributed by atoms with Gasteiger partial charge >= 0.3 is 5.97 Å². The van der Waals surface area contributed by atoms with Crippen LogP contribution in [0.4, 0.5) is 0 Å². The van der Waals surface area contributed by atoms with Crippen LogP contribution in [0.3, 0.4) is 0 Å². The largest absolute Gasteiger partial charge is 0.468 e. The van der Waals surface area contributed by atoms with E-state index in [0.717, 1.165) is 19.3 Å². The molecule has 0 aromatic carbocycles. The summed E-state index contributed by atoms with van der Waals surface area (Å²) in [6.45, 7) is 7.40. The van der Waals surface area contributed by atoms with Crippen LogP contribution in [0.25, 0.3) is 0 Å². The zero-order chi connectivity index (χ0) is 14.0. The molecule has 0 aliphatic heterocycles. The number of carbonyl (C=O) groups excluding carboxylic acids is 2. The predicted molar refractivity (Wildman–Crippen MR) is 71.3 cm³/mol. The number of amides is 1. The lowest BCUT2D eigenvalue weighted by atomic mass is 10.1. The average molecular weight is 258 g/mol. The Kier molecular flexibility index (Phi) is 9.28.